The van der Waals surface area contributed by atoms with Crippen molar-refractivity contribution in [2.75, 3.05) is 0 Å². The van der Waals surface area contributed by atoms with Crippen molar-refractivity contribution in [2.24, 2.45) is 0 Å². The normalized spacial score (nSPS) is 12.9. The van der Waals surface area contributed by atoms with Crippen LogP contribution in [0, 0.1) is 6.92 Å². The number of nitrogens with zero attached hydrogens (tertiary/aromatic N) is 1. The monoisotopic (exact) mass is 165 g/mol. The molecule has 0 fully saturated rings. The van der Waals surface area contributed by atoms with Gasteiger partial charge in [0.15, 0.2) is 0 Å². The predicted molar refractivity (Wildman–Crippen MR) is 49.0 cm³/mol. The van der Waals surface area contributed by atoms with Crippen molar-refractivity contribution in [3.8, 4) is 0 Å². The molecule has 0 amide bonds. The van der Waals surface area contributed by atoms with Crippen LogP contribution in [0.1, 0.15) is 24.6 Å². The fourth-order valence-corrected chi connectivity index (χ4v) is 1.10. The minimum absolute atomic E-state index is 0.251. The minimum Gasteiger partial charge on any atom is -0.393 e. The Morgan fingerprint density at radius 3 is 2.92 bits per heavy atom. The summed E-state index contributed by atoms with van der Waals surface area (Å²) >= 11 is 0. The SMILES string of the molecule is CCC(O)Cc1cc(C)ccn1. The smallest absolute Gasteiger partial charge is 0.0593 e. The highest BCUT2D eigenvalue weighted by molar-refractivity contribution is 5.14. The zero-order valence-corrected chi connectivity index (χ0v) is 7.62. The summed E-state index contributed by atoms with van der Waals surface area (Å²) in [6.07, 6.45) is 2.99. The van der Waals surface area contributed by atoms with Gasteiger partial charge in [-0.15, -0.1) is 0 Å². The number of pyridine rings is 1. The fourth-order valence-electron chi connectivity index (χ4n) is 1.10. The lowest BCUT2D eigenvalue weighted by Crippen LogP contribution is -2.09. The summed E-state index contributed by atoms with van der Waals surface area (Å²) in [5, 5.41) is 9.36. The van der Waals surface area contributed by atoms with Gasteiger partial charge in [0.1, 0.15) is 0 Å². The van der Waals surface area contributed by atoms with Crippen LogP contribution in [-0.2, 0) is 6.42 Å². The highest BCUT2D eigenvalue weighted by Gasteiger charge is 2.02. The lowest BCUT2D eigenvalue weighted by atomic mass is 10.1. The first-order chi connectivity index (χ1) is 5.72. The van der Waals surface area contributed by atoms with E-state index in [4.69, 9.17) is 0 Å². The third-order valence-corrected chi connectivity index (χ3v) is 1.89. The van der Waals surface area contributed by atoms with E-state index in [1.807, 2.05) is 26.0 Å². The van der Waals surface area contributed by atoms with Crippen molar-refractivity contribution in [1.29, 1.82) is 0 Å². The largest absolute Gasteiger partial charge is 0.393 e. The van der Waals surface area contributed by atoms with Gasteiger partial charge in [0.05, 0.1) is 6.10 Å². The highest BCUT2D eigenvalue weighted by atomic mass is 16.3. The number of aliphatic hydroxyl groups excluding tert-OH is 1. The second kappa shape index (κ2) is 4.21. The first-order valence-corrected chi connectivity index (χ1v) is 4.32. The van der Waals surface area contributed by atoms with E-state index in [9.17, 15) is 5.11 Å². The molecule has 12 heavy (non-hydrogen) atoms. The first kappa shape index (κ1) is 9.20. The van der Waals surface area contributed by atoms with Crippen LogP contribution in [0.5, 0.6) is 0 Å². The Morgan fingerprint density at radius 1 is 1.58 bits per heavy atom. The van der Waals surface area contributed by atoms with Crippen LogP contribution < -0.4 is 0 Å². The molecule has 2 heteroatoms. The maximum atomic E-state index is 9.36. The first-order valence-electron chi connectivity index (χ1n) is 4.32. The Labute approximate surface area is 73.3 Å². The average molecular weight is 165 g/mol. The Bertz CT molecular complexity index is 247. The van der Waals surface area contributed by atoms with Gasteiger partial charge in [-0.1, -0.05) is 6.92 Å². The summed E-state index contributed by atoms with van der Waals surface area (Å²) in [4.78, 5) is 4.17. The maximum absolute atomic E-state index is 9.36. The van der Waals surface area contributed by atoms with Gasteiger partial charge in [0, 0.05) is 18.3 Å². The second-order valence-corrected chi connectivity index (χ2v) is 3.09. The Morgan fingerprint density at radius 2 is 2.33 bits per heavy atom. The zero-order chi connectivity index (χ0) is 8.97. The summed E-state index contributed by atoms with van der Waals surface area (Å²) < 4.78 is 0. The standard InChI is InChI=1S/C10H15NO/c1-3-10(12)7-9-6-8(2)4-5-11-9/h4-6,10,12H,3,7H2,1-2H3. The highest BCUT2D eigenvalue weighted by Crippen LogP contribution is 2.04. The molecule has 0 aliphatic heterocycles. The summed E-state index contributed by atoms with van der Waals surface area (Å²) in [5.74, 6) is 0. The Hall–Kier alpha value is -0.890. The molecule has 0 aliphatic carbocycles. The molecule has 1 atom stereocenters. The van der Waals surface area contributed by atoms with Gasteiger partial charge >= 0.3 is 0 Å². The molecule has 0 bridgehead atoms. The Balaban J connectivity index is 2.63. The predicted octanol–water partition coefficient (Wildman–Crippen LogP) is 1.70. The second-order valence-electron chi connectivity index (χ2n) is 3.09. The fraction of sp³-hybridized carbons (Fsp3) is 0.500. The van der Waals surface area contributed by atoms with Crippen molar-refractivity contribution in [3.05, 3.63) is 29.6 Å². The number of rotatable bonds is 3. The van der Waals surface area contributed by atoms with E-state index < -0.39 is 0 Å². The molecule has 66 valence electrons. The Kier molecular flexibility index (Phi) is 3.23. The number of hydrogen-bond acceptors (Lipinski definition) is 2. The van der Waals surface area contributed by atoms with E-state index in [-0.39, 0.29) is 6.10 Å². The average Bonchev–Trinajstić information content (AvgIpc) is 2.04. The molecular weight excluding hydrogens is 150 g/mol. The molecule has 1 N–H and O–H groups in total. The van der Waals surface area contributed by atoms with E-state index in [1.54, 1.807) is 6.20 Å². The molecule has 1 unspecified atom stereocenters. The molecule has 1 aromatic heterocycles. The van der Waals surface area contributed by atoms with Crippen LogP contribution in [0.4, 0.5) is 0 Å². The topological polar surface area (TPSA) is 33.1 Å². The number of aryl methyl sites for hydroxylation is 1. The summed E-state index contributed by atoms with van der Waals surface area (Å²) in [6.45, 7) is 4.00. The van der Waals surface area contributed by atoms with Crippen molar-refractivity contribution >= 4 is 0 Å². The number of aromatic nitrogens is 1. The van der Waals surface area contributed by atoms with Crippen molar-refractivity contribution < 1.29 is 5.11 Å². The maximum Gasteiger partial charge on any atom is 0.0593 e. The van der Waals surface area contributed by atoms with Crippen molar-refractivity contribution in [1.82, 2.24) is 4.98 Å². The zero-order valence-electron chi connectivity index (χ0n) is 7.62. The quantitative estimate of drug-likeness (QED) is 0.739. The van der Waals surface area contributed by atoms with E-state index in [1.165, 1.54) is 5.56 Å². The summed E-state index contributed by atoms with van der Waals surface area (Å²) in [6, 6.07) is 3.97. The van der Waals surface area contributed by atoms with Gasteiger partial charge in [-0.05, 0) is 31.0 Å². The molecule has 0 spiro atoms. The number of aliphatic hydroxyl groups is 1. The van der Waals surface area contributed by atoms with Crippen LogP contribution >= 0.6 is 0 Å². The van der Waals surface area contributed by atoms with Crippen LogP contribution in [0.15, 0.2) is 18.3 Å². The third kappa shape index (κ3) is 2.62. The van der Waals surface area contributed by atoms with Gasteiger partial charge in [-0.25, -0.2) is 0 Å². The lowest BCUT2D eigenvalue weighted by Gasteiger charge is -2.06. The van der Waals surface area contributed by atoms with Crippen molar-refractivity contribution in [2.45, 2.75) is 32.8 Å². The summed E-state index contributed by atoms with van der Waals surface area (Å²) in [7, 11) is 0. The van der Waals surface area contributed by atoms with Crippen LogP contribution in [0.3, 0.4) is 0 Å². The molecule has 0 radical (unpaired) electrons. The molecule has 2 nitrogen and oxygen atoms in total. The molecule has 0 aromatic carbocycles. The van der Waals surface area contributed by atoms with Gasteiger partial charge in [-0.3, -0.25) is 4.98 Å². The number of hydrogen-bond donors (Lipinski definition) is 1. The molecule has 1 aromatic rings. The molecule has 0 aliphatic rings. The van der Waals surface area contributed by atoms with Gasteiger partial charge in [0.2, 0.25) is 0 Å². The molecule has 1 rings (SSSR count). The van der Waals surface area contributed by atoms with Crippen LogP contribution in [0.25, 0.3) is 0 Å². The van der Waals surface area contributed by atoms with Gasteiger partial charge in [-0.2, -0.15) is 0 Å². The molecule has 0 saturated carbocycles. The van der Waals surface area contributed by atoms with Crippen molar-refractivity contribution in [3.63, 3.8) is 0 Å². The van der Waals surface area contributed by atoms with E-state index >= 15 is 0 Å². The molecule has 1 heterocycles. The molecule has 0 saturated heterocycles. The van der Waals surface area contributed by atoms with Crippen LogP contribution in [-0.4, -0.2) is 16.2 Å². The lowest BCUT2D eigenvalue weighted by molar-refractivity contribution is 0.169. The third-order valence-electron chi connectivity index (χ3n) is 1.89. The van der Waals surface area contributed by atoms with E-state index in [2.05, 4.69) is 4.98 Å². The van der Waals surface area contributed by atoms with Gasteiger partial charge < -0.3 is 5.11 Å². The van der Waals surface area contributed by atoms with E-state index in [0.29, 0.717) is 6.42 Å². The minimum atomic E-state index is -0.251. The van der Waals surface area contributed by atoms with Crippen LogP contribution in [0.2, 0.25) is 0 Å². The molecular formula is C10H15NO. The van der Waals surface area contributed by atoms with Gasteiger partial charge in [0.25, 0.3) is 0 Å². The summed E-state index contributed by atoms with van der Waals surface area (Å²) in [5.41, 5.74) is 2.17. The van der Waals surface area contributed by atoms with E-state index in [0.717, 1.165) is 12.1 Å².